The van der Waals surface area contributed by atoms with Crippen LogP contribution in [0.1, 0.15) is 56.9 Å². The summed E-state index contributed by atoms with van der Waals surface area (Å²) in [5.74, 6) is 1.78. The second-order valence-electron chi connectivity index (χ2n) is 5.17. The molecule has 0 heterocycles. The summed E-state index contributed by atoms with van der Waals surface area (Å²) in [6.07, 6.45) is 8.35. The summed E-state index contributed by atoms with van der Waals surface area (Å²) in [4.78, 5) is 0. The molecule has 2 rings (SSSR count). The van der Waals surface area contributed by atoms with Gasteiger partial charge in [-0.2, -0.15) is 0 Å². The molecule has 1 aliphatic rings. The first kappa shape index (κ1) is 11.8. The zero-order valence-corrected chi connectivity index (χ0v) is 10.3. The van der Waals surface area contributed by atoms with Gasteiger partial charge in [0.05, 0.1) is 0 Å². The summed E-state index contributed by atoms with van der Waals surface area (Å²) in [6.45, 7) is 2.30. The van der Waals surface area contributed by atoms with Crippen LogP contribution in [0.25, 0.3) is 0 Å². The van der Waals surface area contributed by atoms with Crippen LogP contribution in [0.2, 0.25) is 0 Å². The Bertz CT molecular complexity index is 307. The molecule has 0 N–H and O–H groups in total. The fourth-order valence-electron chi connectivity index (χ4n) is 2.96. The van der Waals surface area contributed by atoms with Crippen molar-refractivity contribution < 1.29 is 0 Å². The van der Waals surface area contributed by atoms with Crippen LogP contribution in [0.15, 0.2) is 24.3 Å². The molecule has 1 saturated carbocycles. The largest absolute Gasteiger partial charge is 0.113 e. The van der Waals surface area contributed by atoms with Crippen molar-refractivity contribution in [1.82, 2.24) is 0 Å². The fraction of sp³-hybridized carbons (Fsp3) is 0.600. The summed E-state index contributed by atoms with van der Waals surface area (Å²) in [6, 6.07) is 8.49. The molecule has 0 spiro atoms. The number of hydrogen-bond acceptors (Lipinski definition) is 0. The molecule has 1 aromatic rings. The van der Waals surface area contributed by atoms with E-state index in [0.717, 1.165) is 17.3 Å². The van der Waals surface area contributed by atoms with Crippen molar-refractivity contribution in [3.63, 3.8) is 0 Å². The second kappa shape index (κ2) is 5.56. The van der Waals surface area contributed by atoms with E-state index in [9.17, 15) is 0 Å². The summed E-state index contributed by atoms with van der Waals surface area (Å²) in [5, 5.41) is 0. The van der Waals surface area contributed by atoms with Crippen LogP contribution in [-0.2, 0) is 0 Å². The molecular formula is C15H21B. The summed E-state index contributed by atoms with van der Waals surface area (Å²) >= 11 is 0. The Morgan fingerprint density at radius 3 is 2.25 bits per heavy atom. The fourth-order valence-corrected chi connectivity index (χ4v) is 2.96. The lowest BCUT2D eigenvalue weighted by Crippen LogP contribution is -2.13. The maximum atomic E-state index is 5.72. The van der Waals surface area contributed by atoms with E-state index in [1.165, 1.54) is 44.1 Å². The Morgan fingerprint density at radius 2 is 1.69 bits per heavy atom. The highest BCUT2D eigenvalue weighted by atomic mass is 14.3. The SMILES string of the molecule is [B]c1ccc(C2CCC(CCC)CC2)cc1. The van der Waals surface area contributed by atoms with Gasteiger partial charge in [-0.15, -0.1) is 0 Å². The third kappa shape index (κ3) is 2.90. The first-order valence-corrected chi connectivity index (χ1v) is 6.65. The lowest BCUT2D eigenvalue weighted by molar-refractivity contribution is 0.308. The third-order valence-electron chi connectivity index (χ3n) is 3.95. The molecule has 2 radical (unpaired) electrons. The average molecular weight is 212 g/mol. The lowest BCUT2D eigenvalue weighted by atomic mass is 9.77. The summed E-state index contributed by atoms with van der Waals surface area (Å²) in [5.41, 5.74) is 2.37. The highest BCUT2D eigenvalue weighted by Crippen LogP contribution is 2.37. The number of benzene rings is 1. The van der Waals surface area contributed by atoms with Crippen molar-refractivity contribution in [3.05, 3.63) is 29.8 Å². The maximum absolute atomic E-state index is 5.72. The highest BCUT2D eigenvalue weighted by molar-refractivity contribution is 6.32. The minimum Gasteiger partial charge on any atom is -0.0967 e. The van der Waals surface area contributed by atoms with E-state index in [0.29, 0.717) is 0 Å². The lowest BCUT2D eigenvalue weighted by Gasteiger charge is -2.28. The molecule has 0 aromatic heterocycles. The molecule has 84 valence electrons. The van der Waals surface area contributed by atoms with Crippen molar-refractivity contribution in [1.29, 1.82) is 0 Å². The standard InChI is InChI=1S/C15H21B/c1-2-3-12-4-6-13(7-5-12)14-8-10-15(16)11-9-14/h8-13H,2-7H2,1H3. The molecule has 0 atom stereocenters. The van der Waals surface area contributed by atoms with Gasteiger partial charge >= 0.3 is 0 Å². The normalized spacial score (nSPS) is 25.6. The minimum atomic E-state index is 0.786. The number of rotatable bonds is 3. The molecule has 1 fully saturated rings. The van der Waals surface area contributed by atoms with Crippen LogP contribution in [-0.4, -0.2) is 7.85 Å². The van der Waals surface area contributed by atoms with Crippen molar-refractivity contribution in [2.24, 2.45) is 5.92 Å². The zero-order valence-electron chi connectivity index (χ0n) is 10.3. The van der Waals surface area contributed by atoms with Crippen LogP contribution in [0.4, 0.5) is 0 Å². The van der Waals surface area contributed by atoms with Crippen molar-refractivity contribution >= 4 is 13.3 Å². The van der Waals surface area contributed by atoms with Gasteiger partial charge in [0.2, 0.25) is 0 Å². The minimum absolute atomic E-state index is 0.786. The summed E-state index contributed by atoms with van der Waals surface area (Å²) in [7, 11) is 5.72. The van der Waals surface area contributed by atoms with E-state index in [4.69, 9.17) is 7.85 Å². The van der Waals surface area contributed by atoms with E-state index in [1.54, 1.807) is 0 Å². The molecule has 1 aromatic carbocycles. The van der Waals surface area contributed by atoms with Gasteiger partial charge in [0.25, 0.3) is 0 Å². The highest BCUT2D eigenvalue weighted by Gasteiger charge is 2.21. The molecular weight excluding hydrogens is 191 g/mol. The Morgan fingerprint density at radius 1 is 1.06 bits per heavy atom. The molecule has 0 unspecified atom stereocenters. The molecule has 0 amide bonds. The molecule has 1 aliphatic carbocycles. The van der Waals surface area contributed by atoms with E-state index in [1.807, 2.05) is 12.1 Å². The van der Waals surface area contributed by atoms with Crippen LogP contribution in [0.3, 0.4) is 0 Å². The smallest absolute Gasteiger partial charge is 0.0967 e. The van der Waals surface area contributed by atoms with E-state index in [2.05, 4.69) is 19.1 Å². The Hall–Kier alpha value is -0.715. The average Bonchev–Trinajstić information content (AvgIpc) is 2.32. The van der Waals surface area contributed by atoms with Gasteiger partial charge in [-0.1, -0.05) is 49.5 Å². The second-order valence-corrected chi connectivity index (χ2v) is 5.17. The Kier molecular flexibility index (Phi) is 4.09. The quantitative estimate of drug-likeness (QED) is 0.672. The molecule has 0 nitrogen and oxygen atoms in total. The van der Waals surface area contributed by atoms with Crippen molar-refractivity contribution in [3.8, 4) is 0 Å². The van der Waals surface area contributed by atoms with E-state index < -0.39 is 0 Å². The van der Waals surface area contributed by atoms with Crippen LogP contribution in [0, 0.1) is 5.92 Å². The summed E-state index contributed by atoms with van der Waals surface area (Å²) < 4.78 is 0. The third-order valence-corrected chi connectivity index (χ3v) is 3.95. The van der Waals surface area contributed by atoms with Gasteiger partial charge in [-0.3, -0.25) is 0 Å². The monoisotopic (exact) mass is 212 g/mol. The molecule has 16 heavy (non-hydrogen) atoms. The van der Waals surface area contributed by atoms with Gasteiger partial charge < -0.3 is 0 Å². The molecule has 0 aliphatic heterocycles. The van der Waals surface area contributed by atoms with Gasteiger partial charge in [-0.25, -0.2) is 0 Å². The van der Waals surface area contributed by atoms with Crippen LogP contribution >= 0.6 is 0 Å². The van der Waals surface area contributed by atoms with Crippen LogP contribution in [0.5, 0.6) is 0 Å². The van der Waals surface area contributed by atoms with Crippen molar-refractivity contribution in [2.75, 3.05) is 0 Å². The predicted molar refractivity (Wildman–Crippen MR) is 71.4 cm³/mol. The van der Waals surface area contributed by atoms with Crippen LogP contribution < -0.4 is 5.46 Å². The van der Waals surface area contributed by atoms with Gasteiger partial charge in [0, 0.05) is 0 Å². The van der Waals surface area contributed by atoms with E-state index in [-0.39, 0.29) is 0 Å². The van der Waals surface area contributed by atoms with Gasteiger partial charge in [0.15, 0.2) is 0 Å². The molecule has 1 heteroatoms. The topological polar surface area (TPSA) is 0 Å². The Labute approximate surface area is 101 Å². The van der Waals surface area contributed by atoms with Crippen molar-refractivity contribution in [2.45, 2.75) is 51.4 Å². The Balaban J connectivity index is 1.91. The predicted octanol–water partition coefficient (Wildman–Crippen LogP) is 3.55. The number of hydrogen-bond donors (Lipinski definition) is 0. The first-order chi connectivity index (χ1) is 7.79. The molecule has 0 saturated heterocycles. The maximum Gasteiger partial charge on any atom is 0.113 e. The zero-order chi connectivity index (χ0) is 11.4. The van der Waals surface area contributed by atoms with E-state index >= 15 is 0 Å². The van der Waals surface area contributed by atoms with Gasteiger partial charge in [-0.05, 0) is 43.1 Å². The van der Waals surface area contributed by atoms with Gasteiger partial charge in [0.1, 0.15) is 7.85 Å². The molecule has 0 bridgehead atoms. The first-order valence-electron chi connectivity index (χ1n) is 6.65.